The first kappa shape index (κ1) is 13.8. The highest BCUT2D eigenvalue weighted by Gasteiger charge is 2.30. The molecule has 0 aromatic rings. The molecule has 0 spiro atoms. The summed E-state index contributed by atoms with van der Waals surface area (Å²) in [5, 5.41) is 2.92. The normalized spacial score (nSPS) is 25.9. The first-order chi connectivity index (χ1) is 7.65. The minimum absolute atomic E-state index is 0.0570. The Kier molecular flexibility index (Phi) is 6.14. The van der Waals surface area contributed by atoms with Crippen LogP contribution in [0.15, 0.2) is 0 Å². The molecule has 0 aromatic heterocycles. The Morgan fingerprint density at radius 1 is 1.50 bits per heavy atom. The Morgan fingerprint density at radius 2 is 2.19 bits per heavy atom. The second kappa shape index (κ2) is 7.13. The van der Waals surface area contributed by atoms with Gasteiger partial charge in [0, 0.05) is 19.6 Å². The second-order valence-electron chi connectivity index (χ2n) is 4.43. The van der Waals surface area contributed by atoms with Gasteiger partial charge in [-0.2, -0.15) is 0 Å². The Morgan fingerprint density at radius 3 is 2.75 bits per heavy atom. The van der Waals surface area contributed by atoms with Gasteiger partial charge >= 0.3 is 0 Å². The molecule has 1 saturated carbocycles. The summed E-state index contributed by atoms with van der Waals surface area (Å²) in [5.41, 5.74) is 0. The number of carbonyl (C=O) groups excluding carboxylic acids is 1. The van der Waals surface area contributed by atoms with E-state index in [1.54, 1.807) is 0 Å². The van der Waals surface area contributed by atoms with Crippen molar-refractivity contribution in [1.29, 1.82) is 0 Å². The van der Waals surface area contributed by atoms with Gasteiger partial charge in [0.25, 0.3) is 0 Å². The lowest BCUT2D eigenvalue weighted by Gasteiger charge is -2.34. The van der Waals surface area contributed by atoms with E-state index >= 15 is 0 Å². The molecule has 0 aromatic carbocycles. The lowest BCUT2D eigenvalue weighted by molar-refractivity contribution is -0.124. The van der Waals surface area contributed by atoms with Crippen LogP contribution < -0.4 is 5.32 Å². The molecule has 1 aliphatic carbocycles. The molecule has 1 unspecified atom stereocenters. The Hall–Kier alpha value is -0.280. The average Bonchev–Trinajstić information content (AvgIpc) is 2.23. The fourth-order valence-electron chi connectivity index (χ4n) is 1.92. The number of halogens is 1. The maximum atomic E-state index is 11.5. The first-order valence-electron chi connectivity index (χ1n) is 6.18. The maximum absolute atomic E-state index is 11.5. The van der Waals surface area contributed by atoms with Gasteiger partial charge in [-0.1, -0.05) is 6.92 Å². The number of hydrogen-bond acceptors (Lipinski definition) is 2. The summed E-state index contributed by atoms with van der Waals surface area (Å²) >= 11 is 5.92. The van der Waals surface area contributed by atoms with Gasteiger partial charge in [-0.15, -0.1) is 11.6 Å². The van der Waals surface area contributed by atoms with Crippen molar-refractivity contribution in [3.63, 3.8) is 0 Å². The number of rotatable bonds is 7. The van der Waals surface area contributed by atoms with E-state index in [0.717, 1.165) is 25.9 Å². The number of carbonyl (C=O) groups is 1. The van der Waals surface area contributed by atoms with Gasteiger partial charge in [-0.3, -0.25) is 4.79 Å². The summed E-state index contributed by atoms with van der Waals surface area (Å²) in [6.07, 6.45) is 3.95. The van der Waals surface area contributed by atoms with Gasteiger partial charge in [-0.05, 0) is 32.1 Å². The van der Waals surface area contributed by atoms with Crippen LogP contribution in [-0.4, -0.2) is 30.5 Å². The number of hydrogen-bond donors (Lipinski definition) is 1. The number of alkyl halides is 1. The van der Waals surface area contributed by atoms with E-state index in [2.05, 4.69) is 5.32 Å². The molecule has 1 aliphatic rings. The molecule has 3 nitrogen and oxygen atoms in total. The summed E-state index contributed by atoms with van der Waals surface area (Å²) in [7, 11) is 0. The van der Waals surface area contributed by atoms with Crippen molar-refractivity contribution >= 4 is 17.5 Å². The van der Waals surface area contributed by atoms with E-state index in [1.807, 2.05) is 13.8 Å². The monoisotopic (exact) mass is 247 g/mol. The molecule has 1 N–H and O–H groups in total. The van der Waals surface area contributed by atoms with Crippen LogP contribution in [0.25, 0.3) is 0 Å². The van der Waals surface area contributed by atoms with Crippen molar-refractivity contribution in [2.75, 3.05) is 13.2 Å². The van der Waals surface area contributed by atoms with Gasteiger partial charge in [0.15, 0.2) is 0 Å². The van der Waals surface area contributed by atoms with Gasteiger partial charge in [0.1, 0.15) is 0 Å². The third-order valence-corrected chi connectivity index (χ3v) is 3.50. The predicted octanol–water partition coefficient (Wildman–Crippen LogP) is 2.33. The zero-order valence-electron chi connectivity index (χ0n) is 10.2. The Bertz CT molecular complexity index is 217. The van der Waals surface area contributed by atoms with Crippen molar-refractivity contribution in [2.24, 2.45) is 5.92 Å². The molecule has 0 saturated heterocycles. The van der Waals surface area contributed by atoms with E-state index in [9.17, 15) is 4.79 Å². The van der Waals surface area contributed by atoms with Gasteiger partial charge in [-0.25, -0.2) is 0 Å². The Labute approximate surface area is 103 Å². The van der Waals surface area contributed by atoms with Crippen LogP contribution in [0.2, 0.25) is 0 Å². The van der Waals surface area contributed by atoms with E-state index in [1.165, 1.54) is 0 Å². The summed E-state index contributed by atoms with van der Waals surface area (Å²) in [5.74, 6) is 0.631. The summed E-state index contributed by atoms with van der Waals surface area (Å²) in [4.78, 5) is 11.5. The molecule has 0 heterocycles. The van der Waals surface area contributed by atoms with Crippen LogP contribution in [0.3, 0.4) is 0 Å². The molecular formula is C12H22ClNO2. The summed E-state index contributed by atoms with van der Waals surface area (Å²) < 4.78 is 5.45. The van der Waals surface area contributed by atoms with Gasteiger partial charge < -0.3 is 10.1 Å². The fourth-order valence-corrected chi connectivity index (χ4v) is 1.99. The highest BCUT2D eigenvalue weighted by atomic mass is 35.5. The standard InChI is InChI=1S/C12H22ClNO2/c1-3-10(13)8-14-12(15)7-9-5-11(6-9)16-4-2/h9-11H,3-8H2,1-2H3,(H,14,15). The zero-order chi connectivity index (χ0) is 12.0. The summed E-state index contributed by atoms with van der Waals surface area (Å²) in [6.45, 7) is 5.38. The quantitative estimate of drug-likeness (QED) is 0.702. The second-order valence-corrected chi connectivity index (χ2v) is 5.05. The highest BCUT2D eigenvalue weighted by molar-refractivity contribution is 6.20. The largest absolute Gasteiger partial charge is 0.378 e. The van der Waals surface area contributed by atoms with E-state index < -0.39 is 0 Å². The van der Waals surface area contributed by atoms with Crippen molar-refractivity contribution in [3.8, 4) is 0 Å². The topological polar surface area (TPSA) is 38.3 Å². The van der Waals surface area contributed by atoms with Crippen LogP contribution in [0, 0.1) is 5.92 Å². The lowest BCUT2D eigenvalue weighted by atomic mass is 9.80. The lowest BCUT2D eigenvalue weighted by Crippen LogP contribution is -2.37. The molecule has 1 rings (SSSR count). The predicted molar refractivity (Wildman–Crippen MR) is 65.7 cm³/mol. The van der Waals surface area contributed by atoms with Crippen LogP contribution in [0.1, 0.15) is 39.5 Å². The van der Waals surface area contributed by atoms with E-state index in [-0.39, 0.29) is 11.3 Å². The highest BCUT2D eigenvalue weighted by Crippen LogP contribution is 2.32. The van der Waals surface area contributed by atoms with Crippen molar-refractivity contribution in [1.82, 2.24) is 5.32 Å². The molecule has 0 radical (unpaired) electrons. The first-order valence-corrected chi connectivity index (χ1v) is 6.61. The molecule has 4 heteroatoms. The van der Waals surface area contributed by atoms with E-state index in [4.69, 9.17) is 16.3 Å². The molecule has 0 bridgehead atoms. The minimum atomic E-state index is 0.0570. The summed E-state index contributed by atoms with van der Waals surface area (Å²) in [6, 6.07) is 0. The van der Waals surface area contributed by atoms with E-state index in [0.29, 0.717) is 25.0 Å². The molecule has 94 valence electrons. The van der Waals surface area contributed by atoms with Crippen LogP contribution in [-0.2, 0) is 9.53 Å². The number of nitrogens with one attached hydrogen (secondary N) is 1. The SMILES string of the molecule is CCOC1CC(CC(=O)NCC(Cl)CC)C1. The molecule has 16 heavy (non-hydrogen) atoms. The number of ether oxygens (including phenoxy) is 1. The van der Waals surface area contributed by atoms with Crippen molar-refractivity contribution in [3.05, 3.63) is 0 Å². The Balaban J connectivity index is 2.03. The number of amides is 1. The molecule has 1 fully saturated rings. The average molecular weight is 248 g/mol. The van der Waals surface area contributed by atoms with Crippen LogP contribution in [0.5, 0.6) is 0 Å². The molecule has 1 amide bonds. The van der Waals surface area contributed by atoms with Gasteiger partial charge in [0.2, 0.25) is 5.91 Å². The van der Waals surface area contributed by atoms with Crippen molar-refractivity contribution in [2.45, 2.75) is 51.0 Å². The molecular weight excluding hydrogens is 226 g/mol. The zero-order valence-corrected chi connectivity index (χ0v) is 10.9. The smallest absolute Gasteiger partial charge is 0.220 e. The van der Waals surface area contributed by atoms with Crippen LogP contribution >= 0.6 is 11.6 Å². The third-order valence-electron chi connectivity index (χ3n) is 3.03. The van der Waals surface area contributed by atoms with Crippen LogP contribution in [0.4, 0.5) is 0 Å². The van der Waals surface area contributed by atoms with Crippen molar-refractivity contribution < 1.29 is 9.53 Å². The minimum Gasteiger partial charge on any atom is -0.378 e. The maximum Gasteiger partial charge on any atom is 0.220 e. The van der Waals surface area contributed by atoms with Gasteiger partial charge in [0.05, 0.1) is 11.5 Å². The molecule has 0 aliphatic heterocycles. The fraction of sp³-hybridized carbons (Fsp3) is 0.917. The molecule has 1 atom stereocenters. The third kappa shape index (κ3) is 4.71.